The van der Waals surface area contributed by atoms with Crippen molar-refractivity contribution in [2.45, 2.75) is 39.5 Å². The van der Waals surface area contributed by atoms with Crippen molar-refractivity contribution in [3.8, 4) is 11.5 Å². The normalized spacial score (nSPS) is 15.4. The molecule has 1 aromatic carbocycles. The van der Waals surface area contributed by atoms with Crippen LogP contribution in [0.4, 0.5) is 0 Å². The van der Waals surface area contributed by atoms with Crippen LogP contribution >= 0.6 is 0 Å². The van der Waals surface area contributed by atoms with Gasteiger partial charge in [-0.3, -0.25) is 5.73 Å². The minimum atomic E-state index is -1.60. The Hall–Kier alpha value is -1.30. The van der Waals surface area contributed by atoms with Gasteiger partial charge in [-0.05, 0) is 17.9 Å². The number of hydrogen-bond donors (Lipinski definition) is 5. The molecule has 5 nitrogen and oxygen atoms in total. The first-order valence-corrected chi connectivity index (χ1v) is 5.84. The highest BCUT2D eigenvalue weighted by molar-refractivity contribution is 5.50. The summed E-state index contributed by atoms with van der Waals surface area (Å²) in [7, 11) is 0. The maximum Gasteiger partial charge on any atom is 0.162 e. The molecule has 0 saturated heterocycles. The maximum absolute atomic E-state index is 10.4. The molecule has 0 fully saturated rings. The summed E-state index contributed by atoms with van der Waals surface area (Å²) in [6.07, 6.45) is 0.303. The van der Waals surface area contributed by atoms with E-state index in [1.54, 1.807) is 0 Å². The zero-order valence-corrected chi connectivity index (χ0v) is 11.1. The molecule has 1 aromatic rings. The van der Waals surface area contributed by atoms with Crippen LogP contribution < -0.4 is 11.5 Å². The monoisotopic (exact) mass is 254 g/mol. The molecule has 5 heteroatoms. The van der Waals surface area contributed by atoms with E-state index in [-0.39, 0.29) is 29.0 Å². The van der Waals surface area contributed by atoms with Crippen LogP contribution in [0.5, 0.6) is 11.5 Å². The van der Waals surface area contributed by atoms with Crippen LogP contribution in [0.25, 0.3) is 0 Å². The van der Waals surface area contributed by atoms with Crippen molar-refractivity contribution in [2.24, 2.45) is 16.9 Å². The van der Waals surface area contributed by atoms with Crippen molar-refractivity contribution >= 4 is 0 Å². The Bertz CT molecular complexity index is 437. The molecule has 0 amide bonds. The first-order chi connectivity index (χ1) is 8.08. The molecule has 0 radical (unpaired) electrons. The van der Waals surface area contributed by atoms with Gasteiger partial charge in [0.25, 0.3) is 0 Å². The van der Waals surface area contributed by atoms with E-state index >= 15 is 0 Å². The minimum absolute atomic E-state index is 0.0147. The summed E-state index contributed by atoms with van der Waals surface area (Å²) in [5.74, 6) is -0.599. The lowest BCUT2D eigenvalue weighted by Gasteiger charge is -2.32. The number of benzene rings is 1. The minimum Gasteiger partial charge on any atom is -0.504 e. The summed E-state index contributed by atoms with van der Waals surface area (Å²) in [6, 6.07) is 2.79. The largest absolute Gasteiger partial charge is 0.504 e. The molecule has 1 unspecified atom stereocenters. The van der Waals surface area contributed by atoms with E-state index in [1.165, 1.54) is 12.1 Å². The molecule has 0 aromatic heterocycles. The topological polar surface area (TPSA) is 113 Å². The summed E-state index contributed by atoms with van der Waals surface area (Å²) in [5.41, 5.74) is 10.3. The third-order valence-electron chi connectivity index (χ3n) is 2.73. The lowest BCUT2D eigenvalue weighted by Crippen LogP contribution is -2.41. The molecule has 0 spiro atoms. The number of rotatable bonds is 3. The number of nitrogens with two attached hydrogens (primary N) is 2. The zero-order valence-electron chi connectivity index (χ0n) is 11.1. The van der Waals surface area contributed by atoms with Crippen molar-refractivity contribution < 1.29 is 15.3 Å². The fraction of sp³-hybridized carbons (Fsp3) is 0.538. The second-order valence-electron chi connectivity index (χ2n) is 5.83. The second kappa shape index (κ2) is 4.76. The van der Waals surface area contributed by atoms with Crippen molar-refractivity contribution in [3.63, 3.8) is 0 Å². The lowest BCUT2D eigenvalue weighted by atomic mass is 9.82. The first kappa shape index (κ1) is 14.8. The van der Waals surface area contributed by atoms with Gasteiger partial charge in [0.1, 0.15) is 5.72 Å². The zero-order chi connectivity index (χ0) is 14.1. The molecule has 0 saturated carbocycles. The Morgan fingerprint density at radius 2 is 1.72 bits per heavy atom. The van der Waals surface area contributed by atoms with Gasteiger partial charge < -0.3 is 21.1 Å². The van der Waals surface area contributed by atoms with Gasteiger partial charge >= 0.3 is 0 Å². The van der Waals surface area contributed by atoms with Crippen molar-refractivity contribution in [1.29, 1.82) is 0 Å². The Balaban J connectivity index is 3.28. The van der Waals surface area contributed by atoms with Crippen LogP contribution in [0.3, 0.4) is 0 Å². The highest BCUT2D eigenvalue weighted by Crippen LogP contribution is 2.38. The Labute approximate surface area is 107 Å². The molecule has 0 aliphatic heterocycles. The van der Waals surface area contributed by atoms with E-state index in [4.69, 9.17) is 11.5 Å². The van der Waals surface area contributed by atoms with Gasteiger partial charge in [0.2, 0.25) is 0 Å². The summed E-state index contributed by atoms with van der Waals surface area (Å²) in [4.78, 5) is 0. The van der Waals surface area contributed by atoms with Crippen LogP contribution in [-0.4, -0.2) is 15.3 Å². The van der Waals surface area contributed by atoms with E-state index in [9.17, 15) is 15.3 Å². The maximum atomic E-state index is 10.4. The third-order valence-corrected chi connectivity index (χ3v) is 2.73. The standard InChI is InChI=1S/C13H22N2O3/c1-12(2,3)7-13(15,18)9-4-5-10(16)11(17)8(9)6-14/h4-5,16-18H,6-7,14-15H2,1-3H3. The molecule has 1 rings (SSSR count). The molecule has 0 aliphatic carbocycles. The van der Waals surface area contributed by atoms with E-state index < -0.39 is 5.72 Å². The van der Waals surface area contributed by atoms with Gasteiger partial charge in [0.15, 0.2) is 11.5 Å². The number of phenolic OH excluding ortho intramolecular Hbond substituents is 2. The van der Waals surface area contributed by atoms with Gasteiger partial charge in [0, 0.05) is 17.7 Å². The molecule has 0 aliphatic rings. The van der Waals surface area contributed by atoms with Gasteiger partial charge in [-0.15, -0.1) is 0 Å². The first-order valence-electron chi connectivity index (χ1n) is 5.84. The van der Waals surface area contributed by atoms with Gasteiger partial charge in [-0.25, -0.2) is 0 Å². The molecule has 18 heavy (non-hydrogen) atoms. The highest BCUT2D eigenvalue weighted by Gasteiger charge is 2.33. The number of aromatic hydroxyl groups is 2. The van der Waals surface area contributed by atoms with Crippen molar-refractivity contribution in [2.75, 3.05) is 0 Å². The Kier molecular flexibility index (Phi) is 3.90. The summed E-state index contributed by atoms with van der Waals surface area (Å²) < 4.78 is 0. The van der Waals surface area contributed by atoms with Gasteiger partial charge in [-0.1, -0.05) is 26.8 Å². The number of phenols is 2. The molecular formula is C13H22N2O3. The fourth-order valence-electron chi connectivity index (χ4n) is 2.14. The van der Waals surface area contributed by atoms with Crippen molar-refractivity contribution in [3.05, 3.63) is 23.3 Å². The lowest BCUT2D eigenvalue weighted by molar-refractivity contribution is 0.00190. The predicted octanol–water partition coefficient (Wildman–Crippen LogP) is 1.10. The highest BCUT2D eigenvalue weighted by atomic mass is 16.3. The molecule has 1 atom stereocenters. The molecule has 102 valence electrons. The SMILES string of the molecule is CC(C)(C)CC(N)(O)c1ccc(O)c(O)c1CN. The smallest absolute Gasteiger partial charge is 0.162 e. The summed E-state index contributed by atoms with van der Waals surface area (Å²) >= 11 is 0. The van der Waals surface area contributed by atoms with E-state index in [0.29, 0.717) is 12.0 Å². The average Bonchev–Trinajstić information content (AvgIpc) is 2.17. The van der Waals surface area contributed by atoms with Crippen LogP contribution in [0.1, 0.15) is 38.3 Å². The molecule has 0 heterocycles. The van der Waals surface area contributed by atoms with Crippen LogP contribution in [0.15, 0.2) is 12.1 Å². The van der Waals surface area contributed by atoms with Gasteiger partial charge in [-0.2, -0.15) is 0 Å². The van der Waals surface area contributed by atoms with Crippen LogP contribution in [0, 0.1) is 5.41 Å². The van der Waals surface area contributed by atoms with Gasteiger partial charge in [0.05, 0.1) is 0 Å². The molecule has 0 bridgehead atoms. The Morgan fingerprint density at radius 3 is 2.17 bits per heavy atom. The number of aliphatic hydroxyl groups is 1. The van der Waals surface area contributed by atoms with E-state index in [0.717, 1.165) is 0 Å². The fourth-order valence-corrected chi connectivity index (χ4v) is 2.14. The second-order valence-corrected chi connectivity index (χ2v) is 5.83. The van der Waals surface area contributed by atoms with Crippen LogP contribution in [0.2, 0.25) is 0 Å². The Morgan fingerprint density at radius 1 is 1.17 bits per heavy atom. The summed E-state index contributed by atoms with van der Waals surface area (Å²) in [6.45, 7) is 5.84. The third kappa shape index (κ3) is 3.13. The summed E-state index contributed by atoms with van der Waals surface area (Å²) in [5, 5.41) is 29.5. The number of hydrogen-bond acceptors (Lipinski definition) is 5. The van der Waals surface area contributed by atoms with Crippen molar-refractivity contribution in [1.82, 2.24) is 0 Å². The van der Waals surface area contributed by atoms with Crippen LogP contribution in [-0.2, 0) is 12.3 Å². The van der Waals surface area contributed by atoms with E-state index in [2.05, 4.69) is 0 Å². The quantitative estimate of drug-likeness (QED) is 0.409. The predicted molar refractivity (Wildman–Crippen MR) is 69.8 cm³/mol. The van der Waals surface area contributed by atoms with E-state index in [1.807, 2.05) is 20.8 Å². The molecule has 7 N–H and O–H groups in total. The average molecular weight is 254 g/mol. The molecular weight excluding hydrogens is 232 g/mol.